The van der Waals surface area contributed by atoms with Gasteiger partial charge in [0.05, 0.1) is 0 Å². The largest absolute Gasteiger partial charge is 0.327 e. The monoisotopic (exact) mass is 355 g/mol. The van der Waals surface area contributed by atoms with Crippen LogP contribution in [0.25, 0.3) is 0 Å². The van der Waals surface area contributed by atoms with Crippen LogP contribution in [0, 0.1) is 0 Å². The van der Waals surface area contributed by atoms with Crippen LogP contribution in [0.15, 0.2) is 57.9 Å². The third kappa shape index (κ3) is 4.84. The van der Waals surface area contributed by atoms with Crippen molar-refractivity contribution >= 4 is 39.3 Å². The summed E-state index contributed by atoms with van der Waals surface area (Å²) in [6, 6.07) is 16.2. The lowest BCUT2D eigenvalue weighted by atomic mass is 10.1. The van der Waals surface area contributed by atoms with Crippen LogP contribution in [0.3, 0.4) is 0 Å². The third-order valence-electron chi connectivity index (χ3n) is 2.70. The molecule has 0 aliphatic carbocycles. The lowest BCUT2D eigenvalue weighted by Crippen LogP contribution is -2.25. The summed E-state index contributed by atoms with van der Waals surface area (Å²) in [5, 5.41) is 0.797. The van der Waals surface area contributed by atoms with Crippen molar-refractivity contribution in [3.8, 4) is 0 Å². The molecule has 2 rings (SSSR count). The van der Waals surface area contributed by atoms with Gasteiger partial charge < -0.3 is 5.73 Å². The Morgan fingerprint density at radius 2 is 1.95 bits per heavy atom. The standard InChI is InChI=1S/C15H15BrClNS/c16-12-5-3-6-14(9-12)19-10-13(18)8-11-4-1-2-7-15(11)17/h1-7,9,13H,8,10,18H2. The number of thioether (sulfide) groups is 1. The molecular weight excluding hydrogens is 342 g/mol. The van der Waals surface area contributed by atoms with E-state index in [1.165, 1.54) is 4.90 Å². The first-order valence-corrected chi connectivity index (χ1v) is 8.18. The molecule has 0 spiro atoms. The van der Waals surface area contributed by atoms with E-state index in [0.717, 1.165) is 27.2 Å². The minimum atomic E-state index is 0.101. The molecule has 0 heterocycles. The Balaban J connectivity index is 1.88. The highest BCUT2D eigenvalue weighted by atomic mass is 79.9. The van der Waals surface area contributed by atoms with Crippen molar-refractivity contribution < 1.29 is 0 Å². The second kappa shape index (κ2) is 7.34. The molecule has 4 heteroatoms. The number of nitrogens with two attached hydrogens (primary N) is 1. The summed E-state index contributed by atoms with van der Waals surface area (Å²) >= 11 is 11.4. The fraction of sp³-hybridized carbons (Fsp3) is 0.200. The smallest absolute Gasteiger partial charge is 0.0438 e. The molecule has 1 atom stereocenters. The zero-order chi connectivity index (χ0) is 13.7. The number of hydrogen-bond acceptors (Lipinski definition) is 2. The molecule has 0 bridgehead atoms. The molecule has 0 saturated carbocycles. The number of benzene rings is 2. The van der Waals surface area contributed by atoms with Gasteiger partial charge in [0.25, 0.3) is 0 Å². The second-order valence-corrected chi connectivity index (χ2v) is 6.74. The van der Waals surface area contributed by atoms with Gasteiger partial charge in [-0.3, -0.25) is 0 Å². The average molecular weight is 357 g/mol. The minimum absolute atomic E-state index is 0.101. The Labute approximate surface area is 131 Å². The first kappa shape index (κ1) is 14.9. The molecule has 2 aromatic rings. The second-order valence-electron chi connectivity index (χ2n) is 4.32. The Morgan fingerprint density at radius 1 is 1.16 bits per heavy atom. The van der Waals surface area contributed by atoms with Gasteiger partial charge in [0.2, 0.25) is 0 Å². The van der Waals surface area contributed by atoms with Crippen molar-refractivity contribution in [2.75, 3.05) is 5.75 Å². The van der Waals surface area contributed by atoms with E-state index >= 15 is 0 Å². The van der Waals surface area contributed by atoms with Gasteiger partial charge in [-0.1, -0.05) is 51.8 Å². The summed E-state index contributed by atoms with van der Waals surface area (Å²) in [5.41, 5.74) is 7.29. The molecule has 0 aromatic heterocycles. The molecule has 0 aliphatic rings. The van der Waals surface area contributed by atoms with Crippen molar-refractivity contribution in [3.63, 3.8) is 0 Å². The molecular formula is C15H15BrClNS. The lowest BCUT2D eigenvalue weighted by Gasteiger charge is -2.12. The molecule has 19 heavy (non-hydrogen) atoms. The zero-order valence-electron chi connectivity index (χ0n) is 10.4. The number of hydrogen-bond donors (Lipinski definition) is 1. The summed E-state index contributed by atoms with van der Waals surface area (Å²) in [4.78, 5) is 1.23. The molecule has 0 fully saturated rings. The van der Waals surface area contributed by atoms with Gasteiger partial charge in [0.15, 0.2) is 0 Å². The van der Waals surface area contributed by atoms with E-state index in [-0.39, 0.29) is 6.04 Å². The van der Waals surface area contributed by atoms with Crippen LogP contribution in [0.5, 0.6) is 0 Å². The molecule has 100 valence electrons. The SMILES string of the molecule is NC(CSc1cccc(Br)c1)Cc1ccccc1Cl. The van der Waals surface area contributed by atoms with Crippen molar-refractivity contribution in [1.82, 2.24) is 0 Å². The van der Waals surface area contributed by atoms with Crippen molar-refractivity contribution in [2.24, 2.45) is 5.73 Å². The molecule has 0 amide bonds. The Morgan fingerprint density at radius 3 is 2.68 bits per heavy atom. The van der Waals surface area contributed by atoms with Crippen LogP contribution in [0.4, 0.5) is 0 Å². The van der Waals surface area contributed by atoms with Crippen molar-refractivity contribution in [3.05, 3.63) is 63.6 Å². The van der Waals surface area contributed by atoms with Crippen LogP contribution in [-0.4, -0.2) is 11.8 Å². The van der Waals surface area contributed by atoms with Crippen molar-refractivity contribution in [2.45, 2.75) is 17.4 Å². The molecule has 1 unspecified atom stereocenters. The molecule has 0 saturated heterocycles. The average Bonchev–Trinajstić information content (AvgIpc) is 2.39. The van der Waals surface area contributed by atoms with Gasteiger partial charge >= 0.3 is 0 Å². The van der Waals surface area contributed by atoms with E-state index in [9.17, 15) is 0 Å². The van der Waals surface area contributed by atoms with Gasteiger partial charge in [0, 0.05) is 26.2 Å². The molecule has 0 radical (unpaired) electrons. The summed E-state index contributed by atoms with van der Waals surface area (Å²) in [6.07, 6.45) is 0.806. The lowest BCUT2D eigenvalue weighted by molar-refractivity contribution is 0.749. The fourth-order valence-electron chi connectivity index (χ4n) is 1.77. The van der Waals surface area contributed by atoms with Gasteiger partial charge in [-0.15, -0.1) is 11.8 Å². The van der Waals surface area contributed by atoms with Crippen LogP contribution in [0.1, 0.15) is 5.56 Å². The maximum atomic E-state index is 6.17. The highest BCUT2D eigenvalue weighted by Crippen LogP contribution is 2.23. The highest BCUT2D eigenvalue weighted by molar-refractivity contribution is 9.10. The Bertz CT molecular complexity index is 547. The zero-order valence-corrected chi connectivity index (χ0v) is 13.5. The van der Waals surface area contributed by atoms with Gasteiger partial charge in [-0.05, 0) is 36.2 Å². The van der Waals surface area contributed by atoms with Crippen LogP contribution >= 0.6 is 39.3 Å². The predicted molar refractivity (Wildman–Crippen MR) is 88.0 cm³/mol. The number of rotatable bonds is 5. The van der Waals surface area contributed by atoms with E-state index < -0.39 is 0 Å². The summed E-state index contributed by atoms with van der Waals surface area (Å²) in [6.45, 7) is 0. The van der Waals surface area contributed by atoms with Crippen LogP contribution in [0.2, 0.25) is 5.02 Å². The predicted octanol–water partition coefficient (Wildman–Crippen LogP) is 4.76. The maximum absolute atomic E-state index is 6.17. The third-order valence-corrected chi connectivity index (χ3v) is 4.74. The molecule has 1 nitrogen and oxygen atoms in total. The molecule has 0 aliphatic heterocycles. The highest BCUT2D eigenvalue weighted by Gasteiger charge is 2.07. The van der Waals surface area contributed by atoms with Gasteiger partial charge in [0.1, 0.15) is 0 Å². The van der Waals surface area contributed by atoms with E-state index in [1.54, 1.807) is 11.8 Å². The van der Waals surface area contributed by atoms with Crippen LogP contribution < -0.4 is 5.73 Å². The van der Waals surface area contributed by atoms with E-state index in [2.05, 4.69) is 28.1 Å². The van der Waals surface area contributed by atoms with E-state index in [4.69, 9.17) is 17.3 Å². The van der Waals surface area contributed by atoms with Crippen LogP contribution in [-0.2, 0) is 6.42 Å². The summed E-state index contributed by atoms with van der Waals surface area (Å²) < 4.78 is 1.09. The van der Waals surface area contributed by atoms with E-state index in [1.807, 2.05) is 36.4 Å². The Hall–Kier alpha value is -0.480. The molecule has 2 aromatic carbocycles. The first-order valence-electron chi connectivity index (χ1n) is 6.02. The Kier molecular flexibility index (Phi) is 5.76. The maximum Gasteiger partial charge on any atom is 0.0438 e. The first-order chi connectivity index (χ1) is 9.15. The fourth-order valence-corrected chi connectivity index (χ4v) is 3.44. The quantitative estimate of drug-likeness (QED) is 0.781. The molecule has 2 N–H and O–H groups in total. The summed E-state index contributed by atoms with van der Waals surface area (Å²) in [5.74, 6) is 0.877. The number of halogens is 2. The van der Waals surface area contributed by atoms with Gasteiger partial charge in [-0.2, -0.15) is 0 Å². The van der Waals surface area contributed by atoms with Crippen molar-refractivity contribution in [1.29, 1.82) is 0 Å². The normalized spacial score (nSPS) is 12.4. The van der Waals surface area contributed by atoms with E-state index in [0.29, 0.717) is 0 Å². The topological polar surface area (TPSA) is 26.0 Å². The summed E-state index contributed by atoms with van der Waals surface area (Å²) in [7, 11) is 0. The minimum Gasteiger partial charge on any atom is -0.327 e. The van der Waals surface area contributed by atoms with Gasteiger partial charge in [-0.25, -0.2) is 0 Å².